The van der Waals surface area contributed by atoms with Crippen LogP contribution in [0.15, 0.2) is 0 Å². The molecule has 0 aromatic heterocycles. The van der Waals surface area contributed by atoms with Crippen molar-refractivity contribution in [3.05, 3.63) is 0 Å². The van der Waals surface area contributed by atoms with Crippen molar-refractivity contribution in [3.63, 3.8) is 0 Å². The molecule has 0 aromatic rings. The smallest absolute Gasteiger partial charge is 0.318 e. The van der Waals surface area contributed by atoms with E-state index in [0.29, 0.717) is 17.8 Å². The van der Waals surface area contributed by atoms with Crippen LogP contribution in [0.25, 0.3) is 0 Å². The van der Waals surface area contributed by atoms with Gasteiger partial charge in [0.2, 0.25) is 5.91 Å². The van der Waals surface area contributed by atoms with Crippen molar-refractivity contribution in [2.24, 2.45) is 0 Å². The highest BCUT2D eigenvalue weighted by Crippen LogP contribution is 2.24. The zero-order valence-corrected chi connectivity index (χ0v) is 12.5. The van der Waals surface area contributed by atoms with E-state index < -0.39 is 0 Å². The Morgan fingerprint density at radius 3 is 2.39 bits per heavy atom. The molecule has 0 spiro atoms. The van der Waals surface area contributed by atoms with Crippen molar-refractivity contribution in [3.8, 4) is 0 Å². The predicted octanol–water partition coefficient (Wildman–Crippen LogP) is 2.07. The second kappa shape index (κ2) is 7.02. The summed E-state index contributed by atoms with van der Waals surface area (Å²) in [7, 11) is 1.37. The number of amides is 1. The molecule has 1 rings (SSSR count). The van der Waals surface area contributed by atoms with Crippen molar-refractivity contribution >= 4 is 23.6 Å². The molecule has 0 bridgehead atoms. The quantitative estimate of drug-likeness (QED) is 0.736. The van der Waals surface area contributed by atoms with Crippen molar-refractivity contribution < 1.29 is 14.3 Å². The van der Waals surface area contributed by atoms with E-state index >= 15 is 0 Å². The number of nitrogens with zero attached hydrogens (tertiary/aromatic N) is 1. The van der Waals surface area contributed by atoms with Crippen LogP contribution in [0, 0.1) is 0 Å². The summed E-state index contributed by atoms with van der Waals surface area (Å²) in [6.45, 7) is 5.97. The van der Waals surface area contributed by atoms with Crippen molar-refractivity contribution in [2.45, 2.75) is 57.4 Å². The summed E-state index contributed by atoms with van der Waals surface area (Å²) in [5.74, 6) is 0.216. The minimum atomic E-state index is -0.283. The summed E-state index contributed by atoms with van der Waals surface area (Å²) >= 11 is 1.35. The molecule has 1 saturated heterocycles. The van der Waals surface area contributed by atoms with Gasteiger partial charge in [0.15, 0.2) is 0 Å². The minimum absolute atomic E-state index is 0.135. The van der Waals surface area contributed by atoms with E-state index in [2.05, 4.69) is 18.6 Å². The first-order valence-corrected chi connectivity index (χ1v) is 7.52. The van der Waals surface area contributed by atoms with E-state index in [1.54, 1.807) is 6.92 Å². The Hall–Kier alpha value is -0.710. The topological polar surface area (TPSA) is 46.6 Å². The summed E-state index contributed by atoms with van der Waals surface area (Å²) < 4.78 is 4.65. The van der Waals surface area contributed by atoms with Gasteiger partial charge in [-0.2, -0.15) is 0 Å². The molecule has 104 valence electrons. The molecule has 1 fully saturated rings. The number of piperidine rings is 1. The SMILES string of the molecule is COC(=O)[C@@H](C)SCC(=O)N1[C@H](C)CCC[C@@H]1C. The number of ether oxygens (including phenoxy) is 1. The third-order valence-corrected chi connectivity index (χ3v) is 4.58. The number of thioether (sulfide) groups is 1. The second-order valence-electron chi connectivity index (χ2n) is 4.91. The van der Waals surface area contributed by atoms with Gasteiger partial charge in [-0.25, -0.2) is 0 Å². The highest BCUT2D eigenvalue weighted by atomic mass is 32.2. The van der Waals surface area contributed by atoms with Crippen LogP contribution in [0.2, 0.25) is 0 Å². The summed E-state index contributed by atoms with van der Waals surface area (Å²) in [5, 5.41) is -0.283. The molecule has 1 aliphatic heterocycles. The zero-order valence-electron chi connectivity index (χ0n) is 11.6. The molecule has 1 heterocycles. The molecule has 1 amide bonds. The van der Waals surface area contributed by atoms with Crippen LogP contribution in [0.4, 0.5) is 0 Å². The highest BCUT2D eigenvalue weighted by Gasteiger charge is 2.29. The molecule has 0 aliphatic carbocycles. The van der Waals surface area contributed by atoms with Gasteiger partial charge in [0.25, 0.3) is 0 Å². The number of likely N-dealkylation sites (tertiary alicyclic amines) is 1. The number of methoxy groups -OCH3 is 1. The number of hydrogen-bond donors (Lipinski definition) is 0. The Kier molecular flexibility index (Phi) is 5.99. The Balaban J connectivity index is 2.46. The third-order valence-electron chi connectivity index (χ3n) is 3.47. The summed E-state index contributed by atoms with van der Waals surface area (Å²) in [5.41, 5.74) is 0. The van der Waals surface area contributed by atoms with Gasteiger partial charge >= 0.3 is 5.97 Å². The standard InChI is InChI=1S/C13H23NO3S/c1-9-6-5-7-10(2)14(9)12(15)8-18-11(3)13(16)17-4/h9-11H,5-8H2,1-4H3/t9-,10+,11-/m1/s1. The number of esters is 1. The lowest BCUT2D eigenvalue weighted by Crippen LogP contribution is -2.48. The van der Waals surface area contributed by atoms with Crippen LogP contribution in [0.1, 0.15) is 40.0 Å². The first kappa shape index (κ1) is 15.3. The Labute approximate surface area is 113 Å². The molecule has 18 heavy (non-hydrogen) atoms. The second-order valence-corrected chi connectivity index (χ2v) is 6.24. The Morgan fingerprint density at radius 2 is 1.89 bits per heavy atom. The summed E-state index contributed by atoms with van der Waals surface area (Å²) in [6.07, 6.45) is 3.35. The van der Waals surface area contributed by atoms with Gasteiger partial charge in [-0.05, 0) is 40.0 Å². The number of hydrogen-bond acceptors (Lipinski definition) is 4. The maximum Gasteiger partial charge on any atom is 0.318 e. The maximum atomic E-state index is 12.2. The largest absolute Gasteiger partial charge is 0.468 e. The van der Waals surface area contributed by atoms with Crippen LogP contribution in [0.3, 0.4) is 0 Å². The van der Waals surface area contributed by atoms with Gasteiger partial charge in [-0.1, -0.05) is 0 Å². The number of carbonyl (C=O) groups is 2. The monoisotopic (exact) mass is 273 g/mol. The molecule has 0 N–H and O–H groups in total. The molecule has 4 nitrogen and oxygen atoms in total. The van der Waals surface area contributed by atoms with Crippen LogP contribution in [-0.4, -0.2) is 47.0 Å². The molecule has 0 unspecified atom stereocenters. The molecule has 3 atom stereocenters. The maximum absolute atomic E-state index is 12.2. The number of rotatable bonds is 4. The van der Waals surface area contributed by atoms with Crippen molar-refractivity contribution in [1.29, 1.82) is 0 Å². The molecule has 1 aliphatic rings. The van der Waals surface area contributed by atoms with Gasteiger partial charge in [0.1, 0.15) is 5.25 Å². The Morgan fingerprint density at radius 1 is 1.33 bits per heavy atom. The predicted molar refractivity (Wildman–Crippen MR) is 73.6 cm³/mol. The lowest BCUT2D eigenvalue weighted by molar-refractivity contribution is -0.139. The molecular weight excluding hydrogens is 250 g/mol. The van der Waals surface area contributed by atoms with Crippen LogP contribution < -0.4 is 0 Å². The van der Waals surface area contributed by atoms with Crippen LogP contribution in [0.5, 0.6) is 0 Å². The fourth-order valence-electron chi connectivity index (χ4n) is 2.42. The fourth-order valence-corrected chi connectivity index (χ4v) is 3.19. The van der Waals surface area contributed by atoms with E-state index in [0.717, 1.165) is 12.8 Å². The number of carbonyl (C=O) groups excluding carboxylic acids is 2. The zero-order chi connectivity index (χ0) is 13.7. The third kappa shape index (κ3) is 3.90. The normalized spacial score (nSPS) is 25.7. The fraction of sp³-hybridized carbons (Fsp3) is 0.846. The van der Waals surface area contributed by atoms with Crippen LogP contribution >= 0.6 is 11.8 Å². The molecular formula is C13H23NO3S. The van der Waals surface area contributed by atoms with Crippen LogP contribution in [-0.2, 0) is 14.3 Å². The molecule has 0 radical (unpaired) electrons. The first-order valence-electron chi connectivity index (χ1n) is 6.48. The molecule has 5 heteroatoms. The molecule has 0 saturated carbocycles. The van der Waals surface area contributed by atoms with E-state index in [-0.39, 0.29) is 17.1 Å². The first-order chi connectivity index (χ1) is 8.47. The van der Waals surface area contributed by atoms with Gasteiger partial charge in [-0.15, -0.1) is 11.8 Å². The van der Waals surface area contributed by atoms with Gasteiger partial charge in [-0.3, -0.25) is 9.59 Å². The average Bonchev–Trinajstić information content (AvgIpc) is 2.34. The van der Waals surface area contributed by atoms with E-state index in [9.17, 15) is 9.59 Å². The van der Waals surface area contributed by atoms with Gasteiger partial charge in [0, 0.05) is 12.1 Å². The van der Waals surface area contributed by atoms with Crippen molar-refractivity contribution in [1.82, 2.24) is 4.90 Å². The average molecular weight is 273 g/mol. The summed E-state index contributed by atoms with van der Waals surface area (Å²) in [6, 6.07) is 0.630. The van der Waals surface area contributed by atoms with Gasteiger partial charge < -0.3 is 9.64 Å². The minimum Gasteiger partial charge on any atom is -0.468 e. The highest BCUT2D eigenvalue weighted by molar-refractivity contribution is 8.01. The lowest BCUT2D eigenvalue weighted by Gasteiger charge is -2.39. The Bertz CT molecular complexity index is 299. The van der Waals surface area contributed by atoms with E-state index in [1.807, 2.05) is 4.90 Å². The summed E-state index contributed by atoms with van der Waals surface area (Å²) in [4.78, 5) is 25.4. The van der Waals surface area contributed by atoms with E-state index in [1.165, 1.54) is 25.3 Å². The molecule has 0 aromatic carbocycles. The van der Waals surface area contributed by atoms with Crippen molar-refractivity contribution in [2.75, 3.05) is 12.9 Å². The van der Waals surface area contributed by atoms with Gasteiger partial charge in [0.05, 0.1) is 12.9 Å². The lowest BCUT2D eigenvalue weighted by atomic mass is 9.98. The van der Waals surface area contributed by atoms with E-state index in [4.69, 9.17) is 0 Å².